The Balaban J connectivity index is 1.85. The maximum atomic E-state index is 11.6. The summed E-state index contributed by atoms with van der Waals surface area (Å²) >= 11 is 18.4. The molecule has 0 aliphatic carbocycles. The molecule has 0 unspecified atom stereocenters. The number of hydrogen-bond acceptors (Lipinski definition) is 4. The normalized spacial score (nSPS) is 14.9. The van der Waals surface area contributed by atoms with Gasteiger partial charge in [0.15, 0.2) is 11.5 Å². The van der Waals surface area contributed by atoms with Crippen molar-refractivity contribution in [2.24, 2.45) is 0 Å². The van der Waals surface area contributed by atoms with Crippen molar-refractivity contribution < 1.29 is 19.1 Å². The number of hydrogen-bond donors (Lipinski definition) is 2. The van der Waals surface area contributed by atoms with Crippen LogP contribution >= 0.6 is 34.8 Å². The summed E-state index contributed by atoms with van der Waals surface area (Å²) in [6, 6.07) is 7.73. The van der Waals surface area contributed by atoms with Gasteiger partial charge in [-0.2, -0.15) is 0 Å². The molecule has 1 aliphatic rings. The second-order valence-electron chi connectivity index (χ2n) is 5.52. The smallest absolute Gasteiger partial charge is 0.326 e. The minimum absolute atomic E-state index is 0.111. The molecule has 0 saturated carbocycles. The lowest BCUT2D eigenvalue weighted by Crippen LogP contribution is -2.22. The van der Waals surface area contributed by atoms with Gasteiger partial charge in [-0.1, -0.05) is 40.9 Å². The van der Waals surface area contributed by atoms with Gasteiger partial charge in [-0.05, 0) is 35.9 Å². The Morgan fingerprint density at radius 2 is 1.81 bits per heavy atom. The largest absolute Gasteiger partial charge is 0.493 e. The number of urea groups is 1. The highest BCUT2D eigenvalue weighted by Gasteiger charge is 2.23. The van der Waals surface area contributed by atoms with Crippen molar-refractivity contribution in [1.29, 1.82) is 0 Å². The van der Waals surface area contributed by atoms with E-state index in [0.29, 0.717) is 27.1 Å². The van der Waals surface area contributed by atoms with Gasteiger partial charge in [0.05, 0.1) is 12.1 Å². The number of methoxy groups -OCH3 is 1. The fourth-order valence-electron chi connectivity index (χ4n) is 2.40. The van der Waals surface area contributed by atoms with Gasteiger partial charge in [-0.25, -0.2) is 4.79 Å². The average molecular weight is 428 g/mol. The standard InChI is InChI=1S/C18H13Cl3N2O4/c1-26-15-6-9(5-14-17(24)23-18(25)22-14)4-13(21)16(15)27-8-10-2-3-11(19)7-12(10)20/h2-7H,8H2,1H3,(H2,22,23,24,25)/b14-5-. The van der Waals surface area contributed by atoms with Crippen LogP contribution in [-0.2, 0) is 11.4 Å². The highest BCUT2D eigenvalue weighted by molar-refractivity contribution is 6.35. The first-order valence-electron chi connectivity index (χ1n) is 7.65. The third-order valence-electron chi connectivity index (χ3n) is 3.67. The molecule has 0 spiro atoms. The number of amides is 3. The number of ether oxygens (including phenoxy) is 2. The monoisotopic (exact) mass is 426 g/mol. The molecular formula is C18H13Cl3N2O4. The quantitative estimate of drug-likeness (QED) is 0.547. The topological polar surface area (TPSA) is 76.7 Å². The van der Waals surface area contributed by atoms with Gasteiger partial charge in [0.25, 0.3) is 5.91 Å². The summed E-state index contributed by atoms with van der Waals surface area (Å²) in [6.07, 6.45) is 1.48. The molecule has 1 fully saturated rings. The summed E-state index contributed by atoms with van der Waals surface area (Å²) in [5.41, 5.74) is 1.40. The van der Waals surface area contributed by atoms with Crippen molar-refractivity contribution in [3.05, 3.63) is 62.2 Å². The van der Waals surface area contributed by atoms with E-state index in [2.05, 4.69) is 10.6 Å². The van der Waals surface area contributed by atoms with Crippen LogP contribution in [0.1, 0.15) is 11.1 Å². The number of nitrogens with one attached hydrogen (secondary N) is 2. The Labute approximate surface area is 170 Å². The van der Waals surface area contributed by atoms with Gasteiger partial charge in [0, 0.05) is 15.6 Å². The van der Waals surface area contributed by atoms with E-state index in [1.807, 2.05) is 0 Å². The van der Waals surface area contributed by atoms with Crippen molar-refractivity contribution in [3.63, 3.8) is 0 Å². The fourth-order valence-corrected chi connectivity index (χ4v) is 3.14. The first-order valence-corrected chi connectivity index (χ1v) is 8.79. The molecule has 27 heavy (non-hydrogen) atoms. The summed E-state index contributed by atoms with van der Waals surface area (Å²) in [5.74, 6) is 0.171. The maximum absolute atomic E-state index is 11.6. The molecular weight excluding hydrogens is 415 g/mol. The molecule has 0 aromatic heterocycles. The number of carbonyl (C=O) groups excluding carboxylic acids is 2. The van der Waals surface area contributed by atoms with Crippen molar-refractivity contribution in [1.82, 2.24) is 10.6 Å². The minimum Gasteiger partial charge on any atom is -0.493 e. The third-order valence-corrected chi connectivity index (χ3v) is 4.54. The molecule has 3 amide bonds. The molecule has 2 N–H and O–H groups in total. The van der Waals surface area contributed by atoms with Gasteiger partial charge in [-0.3, -0.25) is 10.1 Å². The first-order chi connectivity index (χ1) is 12.9. The summed E-state index contributed by atoms with van der Waals surface area (Å²) in [6.45, 7) is 0.158. The van der Waals surface area contributed by atoms with E-state index in [0.717, 1.165) is 5.56 Å². The SMILES string of the molecule is COc1cc(/C=C2\NC(=O)NC2=O)cc(Cl)c1OCc1ccc(Cl)cc1Cl. The van der Waals surface area contributed by atoms with Crippen molar-refractivity contribution in [3.8, 4) is 11.5 Å². The molecule has 3 rings (SSSR count). The second-order valence-corrected chi connectivity index (χ2v) is 6.78. The fraction of sp³-hybridized carbons (Fsp3) is 0.111. The molecule has 2 aromatic carbocycles. The zero-order valence-corrected chi connectivity index (χ0v) is 16.2. The third kappa shape index (κ3) is 4.47. The van der Waals surface area contributed by atoms with Gasteiger partial charge in [-0.15, -0.1) is 0 Å². The lowest BCUT2D eigenvalue weighted by molar-refractivity contribution is -0.115. The van der Waals surface area contributed by atoms with Crippen LogP contribution in [0.25, 0.3) is 6.08 Å². The lowest BCUT2D eigenvalue weighted by Gasteiger charge is -2.14. The zero-order valence-electron chi connectivity index (χ0n) is 13.9. The van der Waals surface area contributed by atoms with E-state index in [1.165, 1.54) is 13.2 Å². The van der Waals surface area contributed by atoms with E-state index in [4.69, 9.17) is 44.3 Å². The summed E-state index contributed by atoms with van der Waals surface area (Å²) in [4.78, 5) is 22.8. The molecule has 1 saturated heterocycles. The van der Waals surface area contributed by atoms with Gasteiger partial charge in [0.1, 0.15) is 12.3 Å². The molecule has 2 aromatic rings. The van der Waals surface area contributed by atoms with Crippen LogP contribution in [0.15, 0.2) is 36.0 Å². The molecule has 0 radical (unpaired) electrons. The average Bonchev–Trinajstić information content (AvgIpc) is 2.92. The molecule has 6 nitrogen and oxygen atoms in total. The zero-order chi connectivity index (χ0) is 19.6. The molecule has 0 bridgehead atoms. The Bertz CT molecular complexity index is 960. The van der Waals surface area contributed by atoms with Crippen molar-refractivity contribution in [2.75, 3.05) is 7.11 Å². The lowest BCUT2D eigenvalue weighted by atomic mass is 10.1. The number of halogens is 3. The summed E-state index contributed by atoms with van der Waals surface area (Å²) in [7, 11) is 1.47. The number of imide groups is 1. The van der Waals surface area contributed by atoms with E-state index >= 15 is 0 Å². The van der Waals surface area contributed by atoms with E-state index < -0.39 is 11.9 Å². The van der Waals surface area contributed by atoms with Gasteiger partial charge < -0.3 is 14.8 Å². The van der Waals surface area contributed by atoms with Crippen LogP contribution in [0.4, 0.5) is 4.79 Å². The van der Waals surface area contributed by atoms with Crippen LogP contribution in [0.5, 0.6) is 11.5 Å². The van der Waals surface area contributed by atoms with Crippen molar-refractivity contribution in [2.45, 2.75) is 6.61 Å². The van der Waals surface area contributed by atoms with Crippen LogP contribution in [0.2, 0.25) is 15.1 Å². The highest BCUT2D eigenvalue weighted by atomic mass is 35.5. The summed E-state index contributed by atoms with van der Waals surface area (Å²) in [5, 5.41) is 5.80. The molecule has 1 aliphatic heterocycles. The van der Waals surface area contributed by atoms with E-state index in [-0.39, 0.29) is 17.3 Å². The predicted octanol–water partition coefficient (Wildman–Crippen LogP) is 4.41. The maximum Gasteiger partial charge on any atom is 0.326 e. The molecule has 1 heterocycles. The van der Waals surface area contributed by atoms with Crippen LogP contribution in [-0.4, -0.2) is 19.0 Å². The molecule has 0 atom stereocenters. The number of rotatable bonds is 5. The van der Waals surface area contributed by atoms with Crippen LogP contribution in [0, 0.1) is 0 Å². The second kappa shape index (κ2) is 8.08. The van der Waals surface area contributed by atoms with Crippen molar-refractivity contribution >= 4 is 52.8 Å². The predicted molar refractivity (Wildman–Crippen MR) is 103 cm³/mol. The van der Waals surface area contributed by atoms with Crippen LogP contribution < -0.4 is 20.1 Å². The Morgan fingerprint density at radius 3 is 2.44 bits per heavy atom. The molecule has 9 heteroatoms. The highest BCUT2D eigenvalue weighted by Crippen LogP contribution is 2.38. The Hall–Kier alpha value is -2.41. The number of carbonyl (C=O) groups is 2. The first kappa shape index (κ1) is 19.4. The Morgan fingerprint density at radius 1 is 1.04 bits per heavy atom. The van der Waals surface area contributed by atoms with E-state index in [9.17, 15) is 9.59 Å². The van der Waals surface area contributed by atoms with E-state index in [1.54, 1.807) is 30.3 Å². The van der Waals surface area contributed by atoms with Gasteiger partial charge in [0.2, 0.25) is 0 Å². The Kier molecular flexibility index (Phi) is 5.79. The van der Waals surface area contributed by atoms with Gasteiger partial charge >= 0.3 is 6.03 Å². The summed E-state index contributed by atoms with van der Waals surface area (Å²) < 4.78 is 11.1. The number of benzene rings is 2. The van der Waals surface area contributed by atoms with Crippen LogP contribution in [0.3, 0.4) is 0 Å². The molecule has 140 valence electrons. The minimum atomic E-state index is -0.580.